The van der Waals surface area contributed by atoms with Crippen LogP contribution in [0, 0.1) is 17.2 Å². The van der Waals surface area contributed by atoms with Gasteiger partial charge < -0.3 is 0 Å². The third kappa shape index (κ3) is 2.40. The lowest BCUT2D eigenvalue weighted by atomic mass is 9.97. The number of hydrogen-bond acceptors (Lipinski definition) is 3. The zero-order valence-corrected chi connectivity index (χ0v) is 8.30. The molecule has 0 spiro atoms. The summed E-state index contributed by atoms with van der Waals surface area (Å²) in [5.74, 6) is -0.495. The van der Waals surface area contributed by atoms with Crippen molar-refractivity contribution in [3.63, 3.8) is 0 Å². The summed E-state index contributed by atoms with van der Waals surface area (Å²) in [6.45, 7) is 1.98. The Labute approximate surface area is 81.8 Å². The summed E-state index contributed by atoms with van der Waals surface area (Å²) in [6.07, 6.45) is 1.53. The highest BCUT2D eigenvalue weighted by Crippen LogP contribution is 2.15. The van der Waals surface area contributed by atoms with Crippen molar-refractivity contribution >= 4 is 17.1 Å². The SMILES string of the molecule is CCC[C@@H](C#N)C(=O)c1ccsc1. The molecule has 0 aromatic carbocycles. The first-order valence-corrected chi connectivity index (χ1v) is 5.20. The summed E-state index contributed by atoms with van der Waals surface area (Å²) in [6, 6.07) is 3.82. The Morgan fingerprint density at radius 3 is 3.00 bits per heavy atom. The lowest BCUT2D eigenvalue weighted by molar-refractivity contribution is 0.0944. The number of thiophene rings is 1. The van der Waals surface area contributed by atoms with Gasteiger partial charge in [0.2, 0.25) is 0 Å². The van der Waals surface area contributed by atoms with E-state index in [4.69, 9.17) is 5.26 Å². The van der Waals surface area contributed by atoms with Crippen LogP contribution in [-0.2, 0) is 0 Å². The molecule has 0 saturated carbocycles. The molecule has 0 radical (unpaired) electrons. The summed E-state index contributed by atoms with van der Waals surface area (Å²) < 4.78 is 0. The van der Waals surface area contributed by atoms with E-state index < -0.39 is 5.92 Å². The summed E-state index contributed by atoms with van der Waals surface area (Å²) in [5.41, 5.74) is 0.671. The minimum Gasteiger partial charge on any atom is -0.293 e. The normalized spacial score (nSPS) is 12.0. The predicted octanol–water partition coefficient (Wildman–Crippen LogP) is 2.87. The molecule has 1 atom stereocenters. The highest BCUT2D eigenvalue weighted by molar-refractivity contribution is 7.08. The Kier molecular flexibility index (Phi) is 3.66. The number of rotatable bonds is 4. The van der Waals surface area contributed by atoms with Crippen LogP contribution in [-0.4, -0.2) is 5.78 Å². The standard InChI is InChI=1S/C10H11NOS/c1-2-3-8(6-11)10(12)9-4-5-13-7-9/h4-5,7-8H,2-3H2,1H3/t8-/m0/s1. The summed E-state index contributed by atoms with van der Waals surface area (Å²) in [5, 5.41) is 12.4. The van der Waals surface area contributed by atoms with Crippen molar-refractivity contribution in [3.05, 3.63) is 22.4 Å². The average Bonchev–Trinajstić information content (AvgIpc) is 2.65. The molecule has 0 fully saturated rings. The molecule has 0 unspecified atom stereocenters. The number of nitriles is 1. The molecule has 13 heavy (non-hydrogen) atoms. The Balaban J connectivity index is 2.72. The number of nitrogens with zero attached hydrogens (tertiary/aromatic N) is 1. The van der Waals surface area contributed by atoms with Crippen LogP contribution in [0.4, 0.5) is 0 Å². The van der Waals surface area contributed by atoms with Crippen molar-refractivity contribution in [1.82, 2.24) is 0 Å². The molecule has 0 amide bonds. The predicted molar refractivity (Wildman–Crippen MR) is 52.7 cm³/mol. The van der Waals surface area contributed by atoms with E-state index >= 15 is 0 Å². The van der Waals surface area contributed by atoms with Gasteiger partial charge in [-0.3, -0.25) is 4.79 Å². The van der Waals surface area contributed by atoms with Crippen LogP contribution in [0.3, 0.4) is 0 Å². The maximum absolute atomic E-state index is 11.6. The van der Waals surface area contributed by atoms with E-state index in [1.54, 1.807) is 11.4 Å². The van der Waals surface area contributed by atoms with Gasteiger partial charge in [-0.25, -0.2) is 0 Å². The number of carbonyl (C=O) groups excluding carboxylic acids is 1. The molecule has 0 N–H and O–H groups in total. The third-order valence-electron chi connectivity index (χ3n) is 1.86. The fourth-order valence-electron chi connectivity index (χ4n) is 1.15. The fraction of sp³-hybridized carbons (Fsp3) is 0.400. The number of carbonyl (C=O) groups is 1. The van der Waals surface area contributed by atoms with Gasteiger partial charge in [0.15, 0.2) is 5.78 Å². The highest BCUT2D eigenvalue weighted by Gasteiger charge is 2.18. The van der Waals surface area contributed by atoms with Crippen LogP contribution < -0.4 is 0 Å². The van der Waals surface area contributed by atoms with E-state index in [0.717, 1.165) is 6.42 Å². The van der Waals surface area contributed by atoms with Crippen LogP contribution >= 0.6 is 11.3 Å². The second kappa shape index (κ2) is 4.78. The van der Waals surface area contributed by atoms with Gasteiger partial charge in [-0.1, -0.05) is 13.3 Å². The molecule has 0 bridgehead atoms. The zero-order valence-electron chi connectivity index (χ0n) is 7.49. The zero-order chi connectivity index (χ0) is 9.68. The van der Waals surface area contributed by atoms with Crippen LogP contribution in [0.25, 0.3) is 0 Å². The Bertz CT molecular complexity index is 310. The van der Waals surface area contributed by atoms with Gasteiger partial charge in [-0.2, -0.15) is 16.6 Å². The largest absolute Gasteiger partial charge is 0.293 e. The van der Waals surface area contributed by atoms with E-state index in [2.05, 4.69) is 0 Å². The summed E-state index contributed by atoms with van der Waals surface area (Å²) in [4.78, 5) is 11.6. The van der Waals surface area contributed by atoms with E-state index in [9.17, 15) is 4.79 Å². The highest BCUT2D eigenvalue weighted by atomic mass is 32.1. The van der Waals surface area contributed by atoms with Gasteiger partial charge in [0.05, 0.1) is 6.07 Å². The molecule has 1 heterocycles. The molecule has 3 heteroatoms. The molecular formula is C10H11NOS. The topological polar surface area (TPSA) is 40.9 Å². The van der Waals surface area contributed by atoms with Crippen LogP contribution in [0.5, 0.6) is 0 Å². The van der Waals surface area contributed by atoms with E-state index in [1.807, 2.05) is 18.4 Å². The van der Waals surface area contributed by atoms with Crippen molar-refractivity contribution in [3.8, 4) is 6.07 Å². The first-order valence-electron chi connectivity index (χ1n) is 4.25. The van der Waals surface area contributed by atoms with Gasteiger partial charge in [-0.05, 0) is 17.9 Å². The fourth-order valence-corrected chi connectivity index (χ4v) is 1.79. The lowest BCUT2D eigenvalue weighted by Gasteiger charge is -2.03. The smallest absolute Gasteiger partial charge is 0.180 e. The van der Waals surface area contributed by atoms with Gasteiger partial charge >= 0.3 is 0 Å². The van der Waals surface area contributed by atoms with Gasteiger partial charge in [0.1, 0.15) is 5.92 Å². The molecule has 1 aromatic rings. The maximum Gasteiger partial charge on any atom is 0.180 e. The first-order chi connectivity index (χ1) is 6.29. The molecule has 0 aliphatic rings. The van der Waals surface area contributed by atoms with Gasteiger partial charge in [0, 0.05) is 10.9 Å². The molecule has 68 valence electrons. The Morgan fingerprint density at radius 2 is 2.54 bits per heavy atom. The van der Waals surface area contributed by atoms with E-state index in [1.165, 1.54) is 11.3 Å². The minimum absolute atomic E-state index is 0.0365. The third-order valence-corrected chi connectivity index (χ3v) is 2.54. The molecule has 2 nitrogen and oxygen atoms in total. The van der Waals surface area contributed by atoms with Crippen molar-refractivity contribution in [1.29, 1.82) is 5.26 Å². The quantitative estimate of drug-likeness (QED) is 0.690. The van der Waals surface area contributed by atoms with Crippen molar-refractivity contribution < 1.29 is 4.79 Å². The average molecular weight is 193 g/mol. The number of Topliss-reactive ketones (excluding diaryl/α,β-unsaturated/α-hetero) is 1. The number of hydrogen-bond donors (Lipinski definition) is 0. The molecule has 1 aromatic heterocycles. The minimum atomic E-state index is -0.459. The lowest BCUT2D eigenvalue weighted by Crippen LogP contribution is -2.11. The molecule has 0 saturated heterocycles. The number of ketones is 1. The molecular weight excluding hydrogens is 182 g/mol. The molecule has 1 rings (SSSR count). The summed E-state index contributed by atoms with van der Waals surface area (Å²) >= 11 is 1.48. The Morgan fingerprint density at radius 1 is 1.77 bits per heavy atom. The van der Waals surface area contributed by atoms with Crippen molar-refractivity contribution in [2.45, 2.75) is 19.8 Å². The maximum atomic E-state index is 11.6. The first kappa shape index (κ1) is 9.94. The van der Waals surface area contributed by atoms with Gasteiger partial charge in [0.25, 0.3) is 0 Å². The van der Waals surface area contributed by atoms with Crippen LogP contribution in [0.2, 0.25) is 0 Å². The molecule has 0 aliphatic carbocycles. The molecule has 0 aliphatic heterocycles. The second-order valence-corrected chi connectivity index (χ2v) is 3.63. The summed E-state index contributed by atoms with van der Waals surface area (Å²) in [7, 11) is 0. The van der Waals surface area contributed by atoms with Crippen LogP contribution in [0.1, 0.15) is 30.1 Å². The van der Waals surface area contributed by atoms with E-state index in [0.29, 0.717) is 12.0 Å². The van der Waals surface area contributed by atoms with Crippen molar-refractivity contribution in [2.24, 2.45) is 5.92 Å². The van der Waals surface area contributed by atoms with E-state index in [-0.39, 0.29) is 5.78 Å². The van der Waals surface area contributed by atoms with Crippen molar-refractivity contribution in [2.75, 3.05) is 0 Å². The van der Waals surface area contributed by atoms with Crippen LogP contribution in [0.15, 0.2) is 16.8 Å². The Hall–Kier alpha value is -1.14. The second-order valence-electron chi connectivity index (χ2n) is 2.85. The monoisotopic (exact) mass is 193 g/mol. The van der Waals surface area contributed by atoms with Gasteiger partial charge in [-0.15, -0.1) is 0 Å².